The van der Waals surface area contributed by atoms with E-state index in [-0.39, 0.29) is 11.5 Å². The van der Waals surface area contributed by atoms with Gasteiger partial charge < -0.3 is 15.7 Å². The van der Waals surface area contributed by atoms with Gasteiger partial charge in [-0.25, -0.2) is 9.48 Å². The first kappa shape index (κ1) is 22.6. The minimum atomic E-state index is -1.00. The van der Waals surface area contributed by atoms with Gasteiger partial charge in [-0.15, -0.1) is 5.10 Å². The number of allylic oxidation sites excluding steroid dienone is 1. The number of carbonyl (C=O) groups excluding carboxylic acids is 1. The third-order valence-electron chi connectivity index (χ3n) is 5.26. The molecule has 1 amide bonds. The van der Waals surface area contributed by atoms with Gasteiger partial charge in [-0.2, -0.15) is 4.98 Å². The third kappa shape index (κ3) is 4.78. The van der Waals surface area contributed by atoms with E-state index in [1.165, 1.54) is 12.1 Å². The SMILES string of the molecule is CCCSc1nc2n(n1)C(c1ccc(C(=O)O)cc1)C(C(=O)Nc1cccc(C)c1)=C(C)N2. The number of benzene rings is 2. The van der Waals surface area contributed by atoms with Crippen molar-refractivity contribution in [2.45, 2.75) is 38.4 Å². The summed E-state index contributed by atoms with van der Waals surface area (Å²) in [6.07, 6.45) is 0.990. The van der Waals surface area contributed by atoms with Gasteiger partial charge in [0.25, 0.3) is 5.91 Å². The summed E-state index contributed by atoms with van der Waals surface area (Å²) in [5.74, 6) is 0.164. The molecule has 9 heteroatoms. The number of thioether (sulfide) groups is 1. The minimum absolute atomic E-state index is 0.178. The van der Waals surface area contributed by atoms with Crippen LogP contribution >= 0.6 is 11.8 Å². The van der Waals surface area contributed by atoms with Crippen molar-refractivity contribution in [1.29, 1.82) is 0 Å². The van der Waals surface area contributed by atoms with Gasteiger partial charge in [-0.05, 0) is 55.7 Å². The summed E-state index contributed by atoms with van der Waals surface area (Å²) in [4.78, 5) is 29.4. The van der Waals surface area contributed by atoms with E-state index >= 15 is 0 Å². The number of anilines is 2. The fourth-order valence-corrected chi connectivity index (χ4v) is 4.40. The average Bonchev–Trinajstić information content (AvgIpc) is 3.19. The lowest BCUT2D eigenvalue weighted by Crippen LogP contribution is -2.31. The Morgan fingerprint density at radius 2 is 1.94 bits per heavy atom. The zero-order valence-electron chi connectivity index (χ0n) is 18.6. The molecule has 0 saturated heterocycles. The van der Waals surface area contributed by atoms with Gasteiger partial charge in [0.1, 0.15) is 6.04 Å². The van der Waals surface area contributed by atoms with Crippen molar-refractivity contribution < 1.29 is 14.7 Å². The van der Waals surface area contributed by atoms with Gasteiger partial charge >= 0.3 is 5.97 Å². The number of nitrogens with zero attached hydrogens (tertiary/aromatic N) is 3. The molecule has 3 aromatic rings. The molecule has 2 heterocycles. The van der Waals surface area contributed by atoms with Gasteiger partial charge in [0.2, 0.25) is 11.1 Å². The van der Waals surface area contributed by atoms with Crippen LogP contribution in [-0.2, 0) is 4.79 Å². The second-order valence-electron chi connectivity index (χ2n) is 7.83. The fourth-order valence-electron chi connectivity index (χ4n) is 3.72. The standard InChI is InChI=1S/C24H25N5O3S/c1-4-12-33-24-27-23-25-15(3)19(21(30)26-18-7-5-6-14(2)13-18)20(29(23)28-24)16-8-10-17(11-9-16)22(31)32/h5-11,13,20H,4,12H2,1-3H3,(H,26,30)(H,31,32)(H,25,27,28). The van der Waals surface area contributed by atoms with Crippen LogP contribution in [0.15, 0.2) is 65.0 Å². The second kappa shape index (κ2) is 9.50. The van der Waals surface area contributed by atoms with E-state index in [9.17, 15) is 14.7 Å². The number of aromatic nitrogens is 3. The monoisotopic (exact) mass is 463 g/mol. The number of aryl methyl sites for hydroxylation is 1. The molecule has 0 spiro atoms. The van der Waals surface area contributed by atoms with Gasteiger partial charge in [-0.3, -0.25) is 4.79 Å². The molecular formula is C24H25N5O3S. The first-order valence-electron chi connectivity index (χ1n) is 10.7. The molecule has 0 radical (unpaired) electrons. The molecule has 8 nitrogen and oxygen atoms in total. The van der Waals surface area contributed by atoms with Crippen LogP contribution in [0.4, 0.5) is 11.6 Å². The number of hydrogen-bond acceptors (Lipinski definition) is 6. The Kier molecular flexibility index (Phi) is 6.50. The molecule has 2 aromatic carbocycles. The predicted octanol–water partition coefficient (Wildman–Crippen LogP) is 4.71. The summed E-state index contributed by atoms with van der Waals surface area (Å²) in [6.45, 7) is 5.89. The first-order chi connectivity index (χ1) is 15.9. The van der Waals surface area contributed by atoms with Crippen LogP contribution in [0, 0.1) is 6.92 Å². The molecule has 1 aliphatic heterocycles. The predicted molar refractivity (Wildman–Crippen MR) is 129 cm³/mol. The quantitative estimate of drug-likeness (QED) is 0.435. The maximum Gasteiger partial charge on any atom is 0.335 e. The van der Waals surface area contributed by atoms with Crippen LogP contribution in [0.3, 0.4) is 0 Å². The number of carbonyl (C=O) groups is 2. The molecule has 0 saturated carbocycles. The van der Waals surface area contributed by atoms with Crippen molar-refractivity contribution >= 4 is 35.3 Å². The number of aromatic carboxylic acids is 1. The Morgan fingerprint density at radius 1 is 1.18 bits per heavy atom. The second-order valence-corrected chi connectivity index (χ2v) is 8.89. The molecule has 1 aromatic heterocycles. The fraction of sp³-hybridized carbons (Fsp3) is 0.250. The van der Waals surface area contributed by atoms with Crippen LogP contribution in [0.25, 0.3) is 0 Å². The molecule has 3 N–H and O–H groups in total. The number of amides is 1. The maximum absolute atomic E-state index is 13.5. The molecule has 170 valence electrons. The first-order valence-corrected chi connectivity index (χ1v) is 11.6. The van der Waals surface area contributed by atoms with E-state index in [0.29, 0.717) is 28.1 Å². The summed E-state index contributed by atoms with van der Waals surface area (Å²) >= 11 is 1.55. The molecule has 1 atom stereocenters. The van der Waals surface area contributed by atoms with Crippen LogP contribution in [0.1, 0.15) is 47.8 Å². The normalized spacial score (nSPS) is 15.1. The molecule has 33 heavy (non-hydrogen) atoms. The van der Waals surface area contributed by atoms with Gasteiger partial charge in [0, 0.05) is 17.1 Å². The summed E-state index contributed by atoms with van der Waals surface area (Å²) in [5.41, 5.74) is 3.81. The molecular weight excluding hydrogens is 438 g/mol. The highest BCUT2D eigenvalue weighted by atomic mass is 32.2. The number of hydrogen-bond donors (Lipinski definition) is 3. The Balaban J connectivity index is 1.76. The van der Waals surface area contributed by atoms with Crippen molar-refractivity contribution in [3.8, 4) is 0 Å². The van der Waals surface area contributed by atoms with Crippen molar-refractivity contribution in [1.82, 2.24) is 14.8 Å². The highest BCUT2D eigenvalue weighted by Crippen LogP contribution is 2.37. The van der Waals surface area contributed by atoms with E-state index in [4.69, 9.17) is 0 Å². The zero-order valence-corrected chi connectivity index (χ0v) is 19.4. The molecule has 4 rings (SSSR count). The van der Waals surface area contributed by atoms with Crippen LogP contribution in [0.2, 0.25) is 0 Å². The summed E-state index contributed by atoms with van der Waals surface area (Å²) in [5, 5.41) is 20.8. The minimum Gasteiger partial charge on any atom is -0.478 e. The summed E-state index contributed by atoms with van der Waals surface area (Å²) in [7, 11) is 0. The van der Waals surface area contributed by atoms with E-state index in [2.05, 4.69) is 27.6 Å². The molecule has 1 unspecified atom stereocenters. The van der Waals surface area contributed by atoms with E-state index < -0.39 is 12.0 Å². The Hall–Kier alpha value is -3.59. The largest absolute Gasteiger partial charge is 0.478 e. The maximum atomic E-state index is 13.5. The number of carboxylic acid groups (broad SMARTS) is 1. The lowest BCUT2D eigenvalue weighted by atomic mass is 9.94. The smallest absolute Gasteiger partial charge is 0.335 e. The number of rotatable bonds is 7. The molecule has 1 aliphatic rings. The number of carboxylic acids is 1. The van der Waals surface area contributed by atoms with Crippen molar-refractivity contribution in [2.75, 3.05) is 16.4 Å². The number of nitrogens with one attached hydrogen (secondary N) is 2. The van der Waals surface area contributed by atoms with Crippen LogP contribution in [-0.4, -0.2) is 37.5 Å². The lowest BCUT2D eigenvalue weighted by Gasteiger charge is -2.28. The topological polar surface area (TPSA) is 109 Å². The molecule has 0 fully saturated rings. The van der Waals surface area contributed by atoms with Gasteiger partial charge in [0.05, 0.1) is 11.1 Å². The van der Waals surface area contributed by atoms with Crippen molar-refractivity contribution in [3.63, 3.8) is 0 Å². The average molecular weight is 464 g/mol. The van der Waals surface area contributed by atoms with Gasteiger partial charge in [0.15, 0.2) is 0 Å². The molecule has 0 bridgehead atoms. The van der Waals surface area contributed by atoms with Crippen LogP contribution < -0.4 is 10.6 Å². The Labute approximate surface area is 196 Å². The third-order valence-corrected chi connectivity index (χ3v) is 6.31. The summed E-state index contributed by atoms with van der Waals surface area (Å²) < 4.78 is 1.70. The summed E-state index contributed by atoms with van der Waals surface area (Å²) in [6, 6.07) is 13.6. The highest BCUT2D eigenvalue weighted by molar-refractivity contribution is 7.99. The van der Waals surface area contributed by atoms with E-state index in [1.807, 2.05) is 38.1 Å². The highest BCUT2D eigenvalue weighted by Gasteiger charge is 2.34. The molecule has 0 aliphatic carbocycles. The van der Waals surface area contributed by atoms with Gasteiger partial charge in [-0.1, -0.05) is 43.0 Å². The zero-order chi connectivity index (χ0) is 23.5. The lowest BCUT2D eigenvalue weighted by molar-refractivity contribution is -0.113. The Morgan fingerprint density at radius 3 is 2.61 bits per heavy atom. The van der Waals surface area contributed by atoms with Crippen LogP contribution in [0.5, 0.6) is 0 Å². The van der Waals surface area contributed by atoms with Crippen molar-refractivity contribution in [2.24, 2.45) is 0 Å². The van der Waals surface area contributed by atoms with Crippen molar-refractivity contribution in [3.05, 3.63) is 76.5 Å². The van der Waals surface area contributed by atoms with E-state index in [0.717, 1.165) is 23.3 Å². The Bertz CT molecular complexity index is 1230. The van der Waals surface area contributed by atoms with E-state index in [1.54, 1.807) is 28.6 Å². The number of fused-ring (bicyclic) bond motifs is 1.